The summed E-state index contributed by atoms with van der Waals surface area (Å²) in [4.78, 5) is 30.0. The van der Waals surface area contributed by atoms with Crippen LogP contribution in [0, 0.1) is 10.8 Å². The zero-order valence-corrected chi connectivity index (χ0v) is 18.4. The first-order valence-electron chi connectivity index (χ1n) is 10.4. The van der Waals surface area contributed by atoms with Crippen molar-refractivity contribution < 1.29 is 19.2 Å². The Bertz CT molecular complexity index is 900. The topological polar surface area (TPSA) is 92.8 Å². The molecule has 6 nitrogen and oxygen atoms in total. The Hall–Kier alpha value is -2.24. The van der Waals surface area contributed by atoms with Gasteiger partial charge in [-0.1, -0.05) is 32.9 Å². The highest BCUT2D eigenvalue weighted by Crippen LogP contribution is 2.38. The van der Waals surface area contributed by atoms with Gasteiger partial charge in [-0.05, 0) is 31.1 Å². The largest absolute Gasteiger partial charge is 0.511 e. The van der Waals surface area contributed by atoms with E-state index in [1.165, 1.54) is 0 Å². The Morgan fingerprint density at radius 1 is 1.07 bits per heavy atom. The lowest BCUT2D eigenvalue weighted by Crippen LogP contribution is -2.33. The average molecular weight is 401 g/mol. The van der Waals surface area contributed by atoms with Gasteiger partial charge in [0.25, 0.3) is 0 Å². The fraction of sp³-hybridized carbons (Fsp3) is 0.652. The molecule has 0 aromatic carbocycles. The fourth-order valence-electron chi connectivity index (χ4n) is 4.39. The van der Waals surface area contributed by atoms with Crippen LogP contribution in [0.4, 0.5) is 0 Å². The number of aromatic nitrogens is 1. The van der Waals surface area contributed by atoms with Gasteiger partial charge in [0.15, 0.2) is 11.6 Å². The number of aryl methyl sites for hydroxylation is 1. The Morgan fingerprint density at radius 3 is 2.34 bits per heavy atom. The molecule has 0 bridgehead atoms. The minimum Gasteiger partial charge on any atom is -0.511 e. The molecule has 1 saturated carbocycles. The number of hydrogen-bond donors (Lipinski definition) is 1. The molecular weight excluding hydrogens is 368 g/mol. The molecule has 0 amide bonds. The maximum Gasteiger partial charge on any atom is 0.168 e. The van der Waals surface area contributed by atoms with Crippen molar-refractivity contribution in [2.75, 3.05) is 0 Å². The van der Waals surface area contributed by atoms with Crippen LogP contribution in [0.5, 0.6) is 0 Å². The maximum atomic E-state index is 12.8. The Kier molecular flexibility index (Phi) is 5.58. The number of carbonyl (C=O) groups excluding carboxylic acids is 2. The number of nitrogens with zero attached hydrogens (tertiary/aromatic N) is 2. The molecule has 0 radical (unpaired) electrons. The van der Waals surface area contributed by atoms with Crippen molar-refractivity contribution >= 4 is 17.3 Å². The van der Waals surface area contributed by atoms with Crippen LogP contribution < -0.4 is 0 Å². The zero-order chi connectivity index (χ0) is 21.6. The van der Waals surface area contributed by atoms with Gasteiger partial charge in [-0.15, -0.1) is 0 Å². The van der Waals surface area contributed by atoms with Crippen LogP contribution in [-0.2, 0) is 17.6 Å². The molecule has 0 saturated heterocycles. The number of aliphatic imine (C=N–C) groups is 1. The van der Waals surface area contributed by atoms with Crippen LogP contribution >= 0.6 is 0 Å². The van der Waals surface area contributed by atoms with Gasteiger partial charge in [0.2, 0.25) is 0 Å². The van der Waals surface area contributed by atoms with Gasteiger partial charge in [-0.25, -0.2) is 0 Å². The Balaban J connectivity index is 1.85. The van der Waals surface area contributed by atoms with E-state index in [-0.39, 0.29) is 40.6 Å². The molecule has 1 N–H and O–H groups in total. The van der Waals surface area contributed by atoms with E-state index in [1.807, 2.05) is 41.5 Å². The highest BCUT2D eigenvalue weighted by atomic mass is 16.5. The second-order valence-electron chi connectivity index (χ2n) is 10.3. The van der Waals surface area contributed by atoms with Gasteiger partial charge in [0.05, 0.1) is 16.8 Å². The van der Waals surface area contributed by atoms with Crippen LogP contribution in [0.3, 0.4) is 0 Å². The third-order valence-corrected chi connectivity index (χ3v) is 5.54. The number of aliphatic hydroxyl groups is 1. The normalized spacial score (nSPS) is 24.2. The molecule has 3 rings (SSSR count). The number of allylic oxidation sites excluding steroid dienone is 2. The lowest BCUT2D eigenvalue weighted by Gasteiger charge is -2.31. The first-order valence-corrected chi connectivity index (χ1v) is 10.4. The number of aliphatic hydroxyl groups excluding tert-OH is 1. The molecule has 0 unspecified atom stereocenters. The number of hydrogen-bond acceptors (Lipinski definition) is 6. The minimum atomic E-state index is -0.168. The summed E-state index contributed by atoms with van der Waals surface area (Å²) >= 11 is 0. The summed E-state index contributed by atoms with van der Waals surface area (Å²) < 4.78 is 5.43. The fourth-order valence-corrected chi connectivity index (χ4v) is 4.39. The van der Waals surface area contributed by atoms with Crippen LogP contribution in [0.25, 0.3) is 0 Å². The van der Waals surface area contributed by atoms with E-state index in [0.717, 1.165) is 0 Å². The molecule has 6 heteroatoms. The van der Waals surface area contributed by atoms with E-state index in [1.54, 1.807) is 0 Å². The summed E-state index contributed by atoms with van der Waals surface area (Å²) in [5, 5.41) is 14.9. The molecule has 1 aromatic heterocycles. The van der Waals surface area contributed by atoms with Crippen LogP contribution in [0.2, 0.25) is 0 Å². The molecular formula is C23H32N2O4. The maximum absolute atomic E-state index is 12.8. The van der Waals surface area contributed by atoms with Crippen LogP contribution in [0.1, 0.15) is 89.0 Å². The standard InChI is InChI=1S/C23H32N2O4/c1-13(2)24-15-9-22(3,4)10-17(27)20(15)16(26)8-7-14-21-18(28)11-23(5,6)12-19(21)29-25-14/h13,26H,7-12H2,1-6H3/b20-16-,24-15?. The second-order valence-corrected chi connectivity index (χ2v) is 10.3. The summed E-state index contributed by atoms with van der Waals surface area (Å²) in [6, 6.07) is 0.0398. The molecule has 0 atom stereocenters. The SMILES string of the molecule is CC(C)N=C1CC(C)(C)CC(=O)/C1=C(\O)CCc1noc2c1C(=O)CC(C)(C)C2. The zero-order valence-electron chi connectivity index (χ0n) is 18.4. The Labute approximate surface area is 172 Å². The van der Waals surface area contributed by atoms with E-state index in [2.05, 4.69) is 10.1 Å². The molecule has 29 heavy (non-hydrogen) atoms. The van der Waals surface area contributed by atoms with Crippen molar-refractivity contribution in [3.05, 3.63) is 28.3 Å². The van der Waals surface area contributed by atoms with E-state index in [9.17, 15) is 14.7 Å². The second kappa shape index (κ2) is 7.54. The average Bonchev–Trinajstić information content (AvgIpc) is 2.92. The van der Waals surface area contributed by atoms with Gasteiger partial charge in [0.1, 0.15) is 11.5 Å². The van der Waals surface area contributed by atoms with Crippen molar-refractivity contribution in [1.29, 1.82) is 0 Å². The van der Waals surface area contributed by atoms with Crippen molar-refractivity contribution in [3.63, 3.8) is 0 Å². The van der Waals surface area contributed by atoms with E-state index >= 15 is 0 Å². The summed E-state index contributed by atoms with van der Waals surface area (Å²) in [5.74, 6) is 0.631. The van der Waals surface area contributed by atoms with E-state index in [0.29, 0.717) is 60.4 Å². The minimum absolute atomic E-state index is 0.0326. The van der Waals surface area contributed by atoms with E-state index in [4.69, 9.17) is 4.52 Å². The molecule has 158 valence electrons. The molecule has 0 aliphatic heterocycles. The van der Waals surface area contributed by atoms with Gasteiger partial charge in [-0.3, -0.25) is 14.6 Å². The summed E-state index contributed by atoms with van der Waals surface area (Å²) in [7, 11) is 0. The first-order chi connectivity index (χ1) is 13.4. The number of ketones is 2. The quantitative estimate of drug-likeness (QED) is 0.578. The molecule has 1 fully saturated rings. The molecule has 2 aliphatic carbocycles. The Morgan fingerprint density at radius 2 is 1.69 bits per heavy atom. The predicted molar refractivity (Wildman–Crippen MR) is 112 cm³/mol. The van der Waals surface area contributed by atoms with Crippen molar-refractivity contribution in [3.8, 4) is 0 Å². The molecule has 2 aliphatic rings. The smallest absolute Gasteiger partial charge is 0.168 e. The van der Waals surface area contributed by atoms with Gasteiger partial charge < -0.3 is 9.63 Å². The molecule has 1 aromatic rings. The summed E-state index contributed by atoms with van der Waals surface area (Å²) in [6.45, 7) is 12.1. The first kappa shape index (κ1) is 21.5. The number of carbonyl (C=O) groups is 2. The number of rotatable bonds is 4. The predicted octanol–water partition coefficient (Wildman–Crippen LogP) is 4.81. The van der Waals surface area contributed by atoms with Crippen molar-refractivity contribution in [2.45, 2.75) is 86.1 Å². The van der Waals surface area contributed by atoms with Gasteiger partial charge in [-0.2, -0.15) is 0 Å². The third-order valence-electron chi connectivity index (χ3n) is 5.54. The van der Waals surface area contributed by atoms with E-state index < -0.39 is 0 Å². The lowest BCUT2D eigenvalue weighted by molar-refractivity contribution is -0.117. The van der Waals surface area contributed by atoms with Gasteiger partial charge in [0, 0.05) is 43.9 Å². The highest BCUT2D eigenvalue weighted by Gasteiger charge is 2.38. The monoisotopic (exact) mass is 400 g/mol. The third kappa shape index (κ3) is 4.68. The van der Waals surface area contributed by atoms with Crippen molar-refractivity contribution in [2.24, 2.45) is 15.8 Å². The van der Waals surface area contributed by atoms with Crippen LogP contribution in [0.15, 0.2) is 20.8 Å². The summed E-state index contributed by atoms with van der Waals surface area (Å²) in [6.07, 6.45) is 2.76. The number of Topliss-reactive ketones (excluding diaryl/α,β-unsaturated/α-hetero) is 2. The molecule has 0 spiro atoms. The lowest BCUT2D eigenvalue weighted by atomic mass is 9.73. The number of fused-ring (bicyclic) bond motifs is 1. The van der Waals surface area contributed by atoms with Crippen molar-refractivity contribution in [1.82, 2.24) is 5.16 Å². The molecule has 1 heterocycles. The van der Waals surface area contributed by atoms with Crippen LogP contribution in [-0.4, -0.2) is 33.6 Å². The summed E-state index contributed by atoms with van der Waals surface area (Å²) in [5.41, 5.74) is 1.86. The highest BCUT2D eigenvalue weighted by molar-refractivity contribution is 6.24. The van der Waals surface area contributed by atoms with Gasteiger partial charge >= 0.3 is 0 Å².